The zero-order chi connectivity index (χ0) is 28.8. The Kier molecular flexibility index (Phi) is 7.21. The van der Waals surface area contributed by atoms with E-state index >= 15 is 0 Å². The van der Waals surface area contributed by atoms with Crippen LogP contribution >= 0.6 is 7.82 Å². The lowest BCUT2D eigenvalue weighted by Crippen LogP contribution is -2.07. The minimum absolute atomic E-state index is 0.276. The summed E-state index contributed by atoms with van der Waals surface area (Å²) < 4.78 is 49.3. The maximum absolute atomic E-state index is 12.9. The molecule has 214 valence electrons. The molecule has 1 aliphatic rings. The number of phosphoric acid groups is 1. The monoisotopic (exact) mass is 596 g/mol. The van der Waals surface area contributed by atoms with Crippen molar-refractivity contribution in [1.82, 2.24) is 19.5 Å². The van der Waals surface area contributed by atoms with E-state index in [2.05, 4.69) is 25.5 Å². The molecule has 0 bridgehead atoms. The van der Waals surface area contributed by atoms with E-state index in [9.17, 15) is 13.0 Å². The van der Waals surface area contributed by atoms with E-state index in [1.165, 1.54) is 0 Å². The van der Waals surface area contributed by atoms with E-state index in [-0.39, 0.29) is 11.9 Å². The first-order chi connectivity index (χ1) is 19.6. The lowest BCUT2D eigenvalue weighted by Gasteiger charge is -2.12. The molecule has 0 radical (unpaired) electrons. The van der Waals surface area contributed by atoms with E-state index in [4.69, 9.17) is 14.5 Å². The van der Waals surface area contributed by atoms with Crippen molar-refractivity contribution in [2.75, 3.05) is 6.61 Å². The van der Waals surface area contributed by atoms with Gasteiger partial charge in [-0.1, -0.05) is 12.1 Å². The highest BCUT2D eigenvalue weighted by Crippen LogP contribution is 2.41. The van der Waals surface area contributed by atoms with Gasteiger partial charge in [0.15, 0.2) is 9.84 Å². The molecule has 41 heavy (non-hydrogen) atoms. The van der Waals surface area contributed by atoms with Crippen LogP contribution in [0.1, 0.15) is 30.5 Å². The van der Waals surface area contributed by atoms with Gasteiger partial charge in [-0.25, -0.2) is 23.0 Å². The molecule has 0 unspecified atom stereocenters. The summed E-state index contributed by atoms with van der Waals surface area (Å²) in [7, 11) is -7.89. The number of fused-ring (bicyclic) bond motifs is 3. The van der Waals surface area contributed by atoms with Crippen LogP contribution in [0, 0.1) is 6.92 Å². The summed E-state index contributed by atoms with van der Waals surface area (Å²) in [6.45, 7) is 2.69. The second-order valence-electron chi connectivity index (χ2n) is 10.2. The number of rotatable bonds is 11. The fourth-order valence-corrected chi connectivity index (χ4v) is 6.92. The SMILES string of the molecule is Cc1cnc2[nH]c3c(OCCCn4cnc(COP(=O)(O)O)c4)ccc(-c4cccc(S(=O)(=O)C5CC5)c4)c3c2c1. The number of ether oxygens (including phenoxy) is 1. The van der Waals surface area contributed by atoms with Crippen LogP contribution < -0.4 is 4.74 Å². The first-order valence-corrected chi connectivity index (χ1v) is 16.2. The number of nitrogens with one attached hydrogen (secondary N) is 1. The van der Waals surface area contributed by atoms with Gasteiger partial charge in [-0.3, -0.25) is 4.52 Å². The topological polar surface area (TPSA) is 157 Å². The van der Waals surface area contributed by atoms with E-state index in [0.717, 1.165) is 33.0 Å². The number of H-pyrrole nitrogens is 1. The first-order valence-electron chi connectivity index (χ1n) is 13.2. The average Bonchev–Trinajstić information content (AvgIpc) is 3.60. The summed E-state index contributed by atoms with van der Waals surface area (Å²) in [5.74, 6) is 0.655. The van der Waals surface area contributed by atoms with Crippen LogP contribution in [0.2, 0.25) is 0 Å². The summed E-state index contributed by atoms with van der Waals surface area (Å²) in [6, 6.07) is 13.0. The Morgan fingerprint density at radius 3 is 2.76 bits per heavy atom. The number of phosphoric ester groups is 1. The normalized spacial score (nSPS) is 14.2. The van der Waals surface area contributed by atoms with Gasteiger partial charge in [-0.05, 0) is 73.2 Å². The van der Waals surface area contributed by atoms with Crippen LogP contribution in [-0.2, 0) is 32.1 Å². The Labute approximate surface area is 236 Å². The van der Waals surface area contributed by atoms with Gasteiger partial charge in [0.1, 0.15) is 18.0 Å². The van der Waals surface area contributed by atoms with Crippen molar-refractivity contribution >= 4 is 39.6 Å². The number of benzene rings is 2. The van der Waals surface area contributed by atoms with Crippen LogP contribution in [0.25, 0.3) is 33.1 Å². The minimum Gasteiger partial charge on any atom is -0.491 e. The van der Waals surface area contributed by atoms with Crippen LogP contribution in [0.15, 0.2) is 66.1 Å². The highest BCUT2D eigenvalue weighted by molar-refractivity contribution is 7.92. The number of sulfone groups is 1. The summed E-state index contributed by atoms with van der Waals surface area (Å²) in [5.41, 5.74) is 4.62. The second kappa shape index (κ2) is 10.7. The molecule has 13 heteroatoms. The molecule has 0 aliphatic heterocycles. The highest BCUT2D eigenvalue weighted by Gasteiger charge is 2.37. The molecule has 0 spiro atoms. The zero-order valence-electron chi connectivity index (χ0n) is 22.2. The molecule has 6 rings (SSSR count). The van der Waals surface area contributed by atoms with Gasteiger partial charge in [0.2, 0.25) is 0 Å². The molecular weight excluding hydrogens is 567 g/mol. The van der Waals surface area contributed by atoms with Crippen molar-refractivity contribution in [3.8, 4) is 16.9 Å². The van der Waals surface area contributed by atoms with Crippen molar-refractivity contribution in [3.63, 3.8) is 0 Å². The number of aromatic nitrogens is 4. The lowest BCUT2D eigenvalue weighted by atomic mass is 9.99. The third kappa shape index (κ3) is 5.93. The van der Waals surface area contributed by atoms with Crippen LogP contribution in [0.4, 0.5) is 0 Å². The summed E-state index contributed by atoms with van der Waals surface area (Å²) in [4.78, 5) is 30.1. The molecule has 5 aromatic rings. The largest absolute Gasteiger partial charge is 0.491 e. The molecule has 11 nitrogen and oxygen atoms in total. The smallest absolute Gasteiger partial charge is 0.469 e. The van der Waals surface area contributed by atoms with Gasteiger partial charge in [0.05, 0.1) is 34.3 Å². The zero-order valence-corrected chi connectivity index (χ0v) is 23.9. The van der Waals surface area contributed by atoms with Gasteiger partial charge in [-0.15, -0.1) is 0 Å². The molecule has 3 N–H and O–H groups in total. The number of hydrogen-bond acceptors (Lipinski definition) is 7. The van der Waals surface area contributed by atoms with Crippen molar-refractivity contribution in [3.05, 3.63) is 72.4 Å². The fourth-order valence-electron chi connectivity index (χ4n) is 4.92. The summed E-state index contributed by atoms with van der Waals surface area (Å²) in [6.07, 6.45) is 7.12. The highest BCUT2D eigenvalue weighted by atomic mass is 32.2. The van der Waals surface area contributed by atoms with E-state index < -0.39 is 17.7 Å². The maximum atomic E-state index is 12.9. The van der Waals surface area contributed by atoms with Crippen molar-refractivity contribution in [2.45, 2.75) is 49.5 Å². The van der Waals surface area contributed by atoms with E-state index in [1.54, 1.807) is 41.5 Å². The molecular formula is C28H29N4O7PS. The Morgan fingerprint density at radius 2 is 1.98 bits per heavy atom. The molecule has 0 atom stereocenters. The number of pyridine rings is 1. The van der Waals surface area contributed by atoms with Crippen LogP contribution in [0.5, 0.6) is 5.75 Å². The molecule has 3 aromatic heterocycles. The average molecular weight is 597 g/mol. The maximum Gasteiger partial charge on any atom is 0.469 e. The Hall–Kier alpha value is -3.54. The van der Waals surface area contributed by atoms with Gasteiger partial charge < -0.3 is 24.1 Å². The molecule has 0 amide bonds. The van der Waals surface area contributed by atoms with Gasteiger partial charge >= 0.3 is 7.82 Å². The molecule has 2 aromatic carbocycles. The van der Waals surface area contributed by atoms with Crippen LogP contribution in [-0.4, -0.2) is 49.6 Å². The first kappa shape index (κ1) is 27.6. The molecule has 0 saturated heterocycles. The lowest BCUT2D eigenvalue weighted by molar-refractivity contribution is 0.187. The molecule has 1 fully saturated rings. The third-order valence-electron chi connectivity index (χ3n) is 7.03. The number of nitrogens with zero attached hydrogens (tertiary/aromatic N) is 3. The molecule has 3 heterocycles. The minimum atomic E-state index is -4.55. The molecule has 1 aliphatic carbocycles. The Morgan fingerprint density at radius 1 is 1.15 bits per heavy atom. The summed E-state index contributed by atoms with van der Waals surface area (Å²) in [5, 5.41) is 1.56. The van der Waals surface area contributed by atoms with Crippen molar-refractivity contribution < 1.29 is 32.0 Å². The fraction of sp³-hybridized carbons (Fsp3) is 0.286. The van der Waals surface area contributed by atoms with Gasteiger partial charge in [-0.2, -0.15) is 0 Å². The number of imidazole rings is 1. The van der Waals surface area contributed by atoms with Gasteiger partial charge in [0.25, 0.3) is 0 Å². The Bertz CT molecular complexity index is 1910. The van der Waals surface area contributed by atoms with Crippen molar-refractivity contribution in [2.24, 2.45) is 0 Å². The number of hydrogen-bond donors (Lipinski definition) is 3. The Balaban J connectivity index is 1.26. The predicted molar refractivity (Wildman–Crippen MR) is 153 cm³/mol. The van der Waals surface area contributed by atoms with Crippen molar-refractivity contribution in [1.29, 1.82) is 0 Å². The summed E-state index contributed by atoms with van der Waals surface area (Å²) >= 11 is 0. The van der Waals surface area contributed by atoms with E-state index in [1.807, 2.05) is 25.1 Å². The van der Waals surface area contributed by atoms with Crippen LogP contribution in [0.3, 0.4) is 0 Å². The van der Waals surface area contributed by atoms with Gasteiger partial charge in [0, 0.05) is 29.7 Å². The quantitative estimate of drug-likeness (QED) is 0.142. The number of aryl methyl sites for hydroxylation is 2. The standard InChI is InChI=1S/C28H29N4O7PS/c1-18-12-24-26-23(19-4-2-5-22(13-19)41(36,37)21-6-7-21)8-9-25(27(26)31-28(24)29-14-18)38-11-3-10-32-15-20(30-17-32)16-39-40(33,34)35/h2,4-5,8-9,12-15,17,21H,3,6-7,10-11,16H2,1H3,(H,29,31)(H2,33,34,35). The third-order valence-corrected chi connectivity index (χ3v) is 9.75. The second-order valence-corrected chi connectivity index (χ2v) is 13.7. The van der Waals surface area contributed by atoms with E-state index in [0.29, 0.717) is 54.4 Å². The number of aromatic amines is 1. The molecule has 1 saturated carbocycles. The predicted octanol–water partition coefficient (Wildman–Crippen LogP) is 4.90.